The Kier molecular flexibility index (Phi) is 3.83. The maximum atomic E-state index is 13.1. The summed E-state index contributed by atoms with van der Waals surface area (Å²) in [5.41, 5.74) is 4.05. The Morgan fingerprint density at radius 2 is 2.05 bits per heavy atom. The Hall–Kier alpha value is -1.65. The third kappa shape index (κ3) is 2.87. The van der Waals surface area contributed by atoms with Crippen molar-refractivity contribution in [3.05, 3.63) is 63.1 Å². The first-order valence-corrected chi connectivity index (χ1v) is 7.46. The molecule has 0 spiro atoms. The van der Waals surface area contributed by atoms with Gasteiger partial charge in [-0.2, -0.15) is 0 Å². The topological polar surface area (TPSA) is 20.7 Å². The highest BCUT2D eigenvalue weighted by Gasteiger charge is 2.06. The summed E-state index contributed by atoms with van der Waals surface area (Å²) in [5.74, 6) is -0.199. The SMILES string of the molecule is Cc1cc(F)ccc1CCn1c(=S)[nH]c2cc(Cl)ccc21. The van der Waals surface area contributed by atoms with Crippen LogP contribution >= 0.6 is 23.8 Å². The van der Waals surface area contributed by atoms with Crippen LogP contribution in [0.4, 0.5) is 4.39 Å². The van der Waals surface area contributed by atoms with Crippen molar-refractivity contribution in [3.8, 4) is 0 Å². The first kappa shape index (κ1) is 14.3. The van der Waals surface area contributed by atoms with Crippen LogP contribution in [0.25, 0.3) is 11.0 Å². The normalized spacial score (nSPS) is 11.2. The lowest BCUT2D eigenvalue weighted by Gasteiger charge is -2.08. The van der Waals surface area contributed by atoms with E-state index in [-0.39, 0.29) is 5.82 Å². The highest BCUT2D eigenvalue weighted by atomic mass is 35.5. The zero-order valence-electron chi connectivity index (χ0n) is 11.5. The molecule has 3 aromatic rings. The Labute approximate surface area is 132 Å². The van der Waals surface area contributed by atoms with Crippen molar-refractivity contribution in [3.63, 3.8) is 0 Å². The van der Waals surface area contributed by atoms with Gasteiger partial charge in [-0.1, -0.05) is 17.7 Å². The van der Waals surface area contributed by atoms with Crippen molar-refractivity contribution < 1.29 is 4.39 Å². The van der Waals surface area contributed by atoms with E-state index in [4.69, 9.17) is 23.8 Å². The number of hydrogen-bond donors (Lipinski definition) is 1. The molecule has 0 atom stereocenters. The molecule has 2 nitrogen and oxygen atoms in total. The van der Waals surface area contributed by atoms with Gasteiger partial charge in [-0.05, 0) is 67.0 Å². The van der Waals surface area contributed by atoms with E-state index >= 15 is 0 Å². The van der Waals surface area contributed by atoms with E-state index in [1.165, 1.54) is 6.07 Å². The number of hydrogen-bond acceptors (Lipinski definition) is 1. The monoisotopic (exact) mass is 320 g/mol. The van der Waals surface area contributed by atoms with Gasteiger partial charge in [-0.15, -0.1) is 0 Å². The number of halogens is 2. The number of imidazole rings is 1. The molecule has 0 saturated heterocycles. The molecule has 0 unspecified atom stereocenters. The molecule has 21 heavy (non-hydrogen) atoms. The van der Waals surface area contributed by atoms with Crippen LogP contribution in [-0.4, -0.2) is 9.55 Å². The minimum absolute atomic E-state index is 0.199. The minimum Gasteiger partial charge on any atom is -0.331 e. The fourth-order valence-corrected chi connectivity index (χ4v) is 3.00. The first-order valence-electron chi connectivity index (χ1n) is 6.68. The molecule has 0 aliphatic rings. The van der Waals surface area contributed by atoms with Crippen molar-refractivity contribution in [2.45, 2.75) is 19.9 Å². The van der Waals surface area contributed by atoms with Crippen LogP contribution in [0.1, 0.15) is 11.1 Å². The van der Waals surface area contributed by atoms with E-state index in [1.807, 2.05) is 35.8 Å². The summed E-state index contributed by atoms with van der Waals surface area (Å²) < 4.78 is 15.9. The zero-order chi connectivity index (χ0) is 15.0. The van der Waals surface area contributed by atoms with Crippen molar-refractivity contribution >= 4 is 34.9 Å². The average Bonchev–Trinajstić information content (AvgIpc) is 2.72. The van der Waals surface area contributed by atoms with Crippen LogP contribution in [0, 0.1) is 17.5 Å². The highest BCUT2D eigenvalue weighted by Crippen LogP contribution is 2.20. The molecule has 0 radical (unpaired) electrons. The molecule has 0 bridgehead atoms. The molecule has 0 amide bonds. The van der Waals surface area contributed by atoms with E-state index in [0.29, 0.717) is 9.79 Å². The first-order chi connectivity index (χ1) is 10.0. The van der Waals surface area contributed by atoms with Crippen LogP contribution in [0.15, 0.2) is 36.4 Å². The lowest BCUT2D eigenvalue weighted by atomic mass is 10.1. The lowest BCUT2D eigenvalue weighted by molar-refractivity contribution is 0.624. The third-order valence-electron chi connectivity index (χ3n) is 3.65. The summed E-state index contributed by atoms with van der Waals surface area (Å²) in [6, 6.07) is 10.6. The quantitative estimate of drug-likeness (QED) is 0.670. The Bertz CT molecular complexity index is 866. The summed E-state index contributed by atoms with van der Waals surface area (Å²) in [6.45, 7) is 2.67. The van der Waals surface area contributed by atoms with Crippen LogP contribution in [0.5, 0.6) is 0 Å². The maximum absolute atomic E-state index is 13.1. The number of benzene rings is 2. The number of aromatic nitrogens is 2. The summed E-state index contributed by atoms with van der Waals surface area (Å²) in [5, 5.41) is 0.681. The minimum atomic E-state index is -0.199. The average molecular weight is 321 g/mol. The molecule has 0 fully saturated rings. The van der Waals surface area contributed by atoms with Gasteiger partial charge in [-0.25, -0.2) is 4.39 Å². The second kappa shape index (κ2) is 5.62. The summed E-state index contributed by atoms with van der Waals surface area (Å²) in [7, 11) is 0. The maximum Gasteiger partial charge on any atom is 0.178 e. The largest absolute Gasteiger partial charge is 0.331 e. The van der Waals surface area contributed by atoms with E-state index in [1.54, 1.807) is 6.07 Å². The molecule has 0 aliphatic carbocycles. The number of rotatable bonds is 3. The molecule has 1 heterocycles. The van der Waals surface area contributed by atoms with Crippen LogP contribution in [-0.2, 0) is 13.0 Å². The molecular weight excluding hydrogens is 307 g/mol. The summed E-state index contributed by atoms with van der Waals surface area (Å²) in [6.07, 6.45) is 0.802. The molecule has 1 N–H and O–H groups in total. The Morgan fingerprint density at radius 3 is 2.81 bits per heavy atom. The summed E-state index contributed by atoms with van der Waals surface area (Å²) in [4.78, 5) is 3.16. The van der Waals surface area contributed by atoms with E-state index in [9.17, 15) is 4.39 Å². The smallest absolute Gasteiger partial charge is 0.178 e. The predicted octanol–water partition coefficient (Wildman–Crippen LogP) is 5.04. The van der Waals surface area contributed by atoms with Crippen molar-refractivity contribution in [2.75, 3.05) is 0 Å². The number of H-pyrrole nitrogens is 1. The molecule has 3 rings (SSSR count). The van der Waals surface area contributed by atoms with Crippen molar-refractivity contribution in [1.82, 2.24) is 9.55 Å². The molecule has 108 valence electrons. The van der Waals surface area contributed by atoms with Gasteiger partial charge in [0.1, 0.15) is 5.82 Å². The van der Waals surface area contributed by atoms with Gasteiger partial charge in [0.2, 0.25) is 0 Å². The number of nitrogens with zero attached hydrogens (tertiary/aromatic N) is 1. The number of nitrogens with one attached hydrogen (secondary N) is 1. The fourth-order valence-electron chi connectivity index (χ4n) is 2.53. The molecule has 2 aromatic carbocycles. The van der Waals surface area contributed by atoms with Gasteiger partial charge in [0.15, 0.2) is 4.77 Å². The van der Waals surface area contributed by atoms with Gasteiger partial charge in [-0.3, -0.25) is 0 Å². The van der Waals surface area contributed by atoms with Gasteiger partial charge in [0.25, 0.3) is 0 Å². The molecule has 1 aromatic heterocycles. The standard InChI is InChI=1S/C16H14ClFN2S/c1-10-8-13(18)4-2-11(10)6-7-20-15-5-3-12(17)9-14(15)19-16(20)21/h2-5,8-9H,6-7H2,1H3,(H,19,21). The third-order valence-corrected chi connectivity index (χ3v) is 4.20. The van der Waals surface area contributed by atoms with Crippen LogP contribution in [0.3, 0.4) is 0 Å². The molecule has 5 heteroatoms. The van der Waals surface area contributed by atoms with Gasteiger partial charge in [0.05, 0.1) is 11.0 Å². The number of fused-ring (bicyclic) bond motifs is 1. The Morgan fingerprint density at radius 1 is 1.24 bits per heavy atom. The second-order valence-electron chi connectivity index (χ2n) is 5.06. The molecular formula is C16H14ClFN2S. The zero-order valence-corrected chi connectivity index (χ0v) is 13.1. The lowest BCUT2D eigenvalue weighted by Crippen LogP contribution is -2.02. The number of aromatic amines is 1. The second-order valence-corrected chi connectivity index (χ2v) is 5.89. The fraction of sp³-hybridized carbons (Fsp3) is 0.188. The van der Waals surface area contributed by atoms with E-state index in [2.05, 4.69) is 4.98 Å². The van der Waals surface area contributed by atoms with Crippen molar-refractivity contribution in [1.29, 1.82) is 0 Å². The van der Waals surface area contributed by atoms with Gasteiger partial charge < -0.3 is 9.55 Å². The van der Waals surface area contributed by atoms with E-state index in [0.717, 1.165) is 35.1 Å². The van der Waals surface area contributed by atoms with Crippen molar-refractivity contribution in [2.24, 2.45) is 0 Å². The van der Waals surface area contributed by atoms with Crippen LogP contribution in [0.2, 0.25) is 5.02 Å². The predicted molar refractivity (Wildman–Crippen MR) is 87.0 cm³/mol. The Balaban J connectivity index is 1.91. The number of aryl methyl sites for hydroxylation is 3. The van der Waals surface area contributed by atoms with Gasteiger partial charge in [0, 0.05) is 11.6 Å². The molecule has 0 saturated carbocycles. The van der Waals surface area contributed by atoms with Gasteiger partial charge >= 0.3 is 0 Å². The summed E-state index contributed by atoms with van der Waals surface area (Å²) >= 11 is 11.4. The van der Waals surface area contributed by atoms with Crippen LogP contribution < -0.4 is 0 Å². The van der Waals surface area contributed by atoms with E-state index < -0.39 is 0 Å². The molecule has 0 aliphatic heterocycles. The highest BCUT2D eigenvalue weighted by molar-refractivity contribution is 7.71.